The van der Waals surface area contributed by atoms with E-state index < -0.39 is 4.92 Å². The molecular weight excluding hydrogens is 328 g/mol. The summed E-state index contributed by atoms with van der Waals surface area (Å²) in [7, 11) is 0. The largest absolute Gasteiger partial charge is 0.345 e. The number of carbonyl (C=O) groups excluding carboxylic acids is 1. The molecule has 1 heterocycles. The van der Waals surface area contributed by atoms with Crippen LogP contribution in [0.25, 0.3) is 0 Å². The summed E-state index contributed by atoms with van der Waals surface area (Å²) in [5, 5.41) is 13.3. The van der Waals surface area contributed by atoms with Crippen LogP contribution in [0.1, 0.15) is 22.3 Å². The highest BCUT2D eigenvalue weighted by Crippen LogP contribution is 2.25. The molecule has 0 spiro atoms. The number of aryl methyl sites for hydroxylation is 1. The Kier molecular flexibility index (Phi) is 5.82. The number of amides is 1. The van der Waals surface area contributed by atoms with Gasteiger partial charge in [0.2, 0.25) is 0 Å². The molecule has 0 unspecified atom stereocenters. The Balaban J connectivity index is 2.09. The molecule has 9 heteroatoms. The maximum absolute atomic E-state index is 12.3. The topological polar surface area (TPSA) is 97.2 Å². The second kappa shape index (κ2) is 7.83. The number of carbonyl (C=O) groups is 1. The van der Waals surface area contributed by atoms with Crippen molar-refractivity contribution in [1.29, 1.82) is 0 Å². The van der Waals surface area contributed by atoms with Gasteiger partial charge in [-0.3, -0.25) is 20.2 Å². The van der Waals surface area contributed by atoms with E-state index in [4.69, 9.17) is 11.8 Å². The van der Waals surface area contributed by atoms with Crippen LogP contribution in [0.5, 0.6) is 0 Å². The summed E-state index contributed by atoms with van der Waals surface area (Å²) in [5.74, 6) is -0.335. The number of hydrogen-bond donors (Lipinski definition) is 2. The smallest absolute Gasteiger partial charge is 0.298 e. The maximum atomic E-state index is 12.3. The van der Waals surface area contributed by atoms with Crippen molar-refractivity contribution >= 4 is 39.2 Å². The lowest BCUT2D eigenvalue weighted by molar-refractivity contribution is -0.380. The predicted molar refractivity (Wildman–Crippen MR) is 85.3 cm³/mol. The number of nitrogens with zero attached hydrogens (tertiary/aromatic N) is 2. The molecule has 0 atom stereocenters. The van der Waals surface area contributed by atoms with Crippen LogP contribution in [0.4, 0.5) is 10.1 Å². The zero-order chi connectivity index (χ0) is 15.9. The van der Waals surface area contributed by atoms with Gasteiger partial charge in [-0.25, -0.2) is 9.82 Å². The predicted octanol–water partition coefficient (Wildman–Crippen LogP) is 2.98. The Morgan fingerprint density at radius 2 is 2.18 bits per heavy atom. The summed E-state index contributed by atoms with van der Waals surface area (Å²) in [5.41, 5.74) is 1.41. The fraction of sp³-hybridized carbons (Fsp3) is 0.231. The van der Waals surface area contributed by atoms with E-state index in [1.165, 1.54) is 0 Å². The first-order valence-electron chi connectivity index (χ1n) is 6.45. The van der Waals surface area contributed by atoms with Gasteiger partial charge in [-0.05, 0) is 47.6 Å². The Bertz CT molecular complexity index is 677. The average Bonchev–Trinajstić information content (AvgIpc) is 2.97. The van der Waals surface area contributed by atoms with Gasteiger partial charge in [0.15, 0.2) is 5.13 Å². The second-order valence-electron chi connectivity index (χ2n) is 4.36. The third-order valence-electron chi connectivity index (χ3n) is 2.87. The Labute approximate surface area is 135 Å². The molecule has 116 valence electrons. The van der Waals surface area contributed by atoms with Crippen LogP contribution in [0, 0.1) is 10.1 Å². The molecule has 1 aromatic carbocycles. The average molecular weight is 341 g/mol. The normalized spacial score (nSPS) is 10.4. The molecule has 0 fully saturated rings. The number of nitro groups is 1. The highest BCUT2D eigenvalue weighted by atomic mass is 35.5. The van der Waals surface area contributed by atoms with Crippen LogP contribution in [0.3, 0.4) is 0 Å². The summed E-state index contributed by atoms with van der Waals surface area (Å²) < 4.78 is 0. The lowest BCUT2D eigenvalue weighted by Gasteiger charge is -2.08. The zero-order valence-corrected chi connectivity index (χ0v) is 13.0. The van der Waals surface area contributed by atoms with Gasteiger partial charge >= 0.3 is 5.00 Å². The molecule has 2 N–H and O–H groups in total. The molecule has 0 radical (unpaired) electrons. The van der Waals surface area contributed by atoms with Gasteiger partial charge in [0.25, 0.3) is 5.91 Å². The molecule has 0 saturated heterocycles. The SMILES string of the molecule is O=C(Nc1ncc([N+](=O)[O-])s1)c1ccccc1CCCNCl. The van der Waals surface area contributed by atoms with E-state index in [9.17, 15) is 14.9 Å². The minimum Gasteiger partial charge on any atom is -0.298 e. The van der Waals surface area contributed by atoms with E-state index in [-0.39, 0.29) is 16.0 Å². The monoisotopic (exact) mass is 340 g/mol. The molecule has 1 aromatic heterocycles. The minimum atomic E-state index is -0.541. The third kappa shape index (κ3) is 4.23. The standard InChI is InChI=1S/C13H13ClN4O3S/c14-16-7-3-5-9-4-1-2-6-10(9)12(19)17-13-15-8-11(22-13)18(20)21/h1-2,4,6,8,16H,3,5,7H2,(H,15,17,19). The van der Waals surface area contributed by atoms with Crippen molar-refractivity contribution in [3.8, 4) is 0 Å². The van der Waals surface area contributed by atoms with E-state index in [1.807, 2.05) is 12.1 Å². The van der Waals surface area contributed by atoms with Gasteiger partial charge in [-0.1, -0.05) is 18.2 Å². The molecule has 0 aliphatic heterocycles. The van der Waals surface area contributed by atoms with Crippen LogP contribution in [0.2, 0.25) is 0 Å². The Morgan fingerprint density at radius 3 is 2.86 bits per heavy atom. The summed E-state index contributed by atoms with van der Waals surface area (Å²) in [6.07, 6.45) is 2.61. The summed E-state index contributed by atoms with van der Waals surface area (Å²) in [6.45, 7) is 0.635. The maximum Gasteiger partial charge on any atom is 0.345 e. The number of rotatable bonds is 7. The van der Waals surface area contributed by atoms with Crippen molar-refractivity contribution < 1.29 is 9.72 Å². The van der Waals surface area contributed by atoms with Crippen molar-refractivity contribution in [1.82, 2.24) is 9.82 Å². The van der Waals surface area contributed by atoms with Crippen LogP contribution < -0.4 is 10.2 Å². The summed E-state index contributed by atoms with van der Waals surface area (Å²) in [4.78, 5) is 28.7. The number of nitrogens with one attached hydrogen (secondary N) is 2. The van der Waals surface area contributed by atoms with E-state index in [2.05, 4.69) is 15.1 Å². The highest BCUT2D eigenvalue weighted by molar-refractivity contribution is 7.18. The summed E-state index contributed by atoms with van der Waals surface area (Å²) >= 11 is 6.24. The number of benzene rings is 1. The fourth-order valence-corrected chi connectivity index (χ4v) is 2.64. The first kappa shape index (κ1) is 16.3. The van der Waals surface area contributed by atoms with E-state index in [0.29, 0.717) is 18.5 Å². The summed E-state index contributed by atoms with van der Waals surface area (Å²) in [6, 6.07) is 7.20. The van der Waals surface area contributed by atoms with Crippen molar-refractivity contribution in [2.75, 3.05) is 11.9 Å². The van der Waals surface area contributed by atoms with Crippen LogP contribution in [-0.4, -0.2) is 22.4 Å². The quantitative estimate of drug-likeness (QED) is 0.349. The van der Waals surface area contributed by atoms with Crippen LogP contribution in [-0.2, 0) is 6.42 Å². The van der Waals surface area contributed by atoms with E-state index in [1.54, 1.807) is 12.1 Å². The van der Waals surface area contributed by atoms with E-state index >= 15 is 0 Å². The van der Waals surface area contributed by atoms with Crippen molar-refractivity contribution in [3.63, 3.8) is 0 Å². The lowest BCUT2D eigenvalue weighted by atomic mass is 10.0. The molecule has 0 bridgehead atoms. The number of hydrogen-bond acceptors (Lipinski definition) is 6. The van der Waals surface area contributed by atoms with E-state index in [0.717, 1.165) is 29.5 Å². The molecule has 2 rings (SSSR count). The molecule has 0 saturated carbocycles. The van der Waals surface area contributed by atoms with Crippen LogP contribution in [0.15, 0.2) is 30.5 Å². The van der Waals surface area contributed by atoms with Gasteiger partial charge in [0.1, 0.15) is 6.20 Å². The van der Waals surface area contributed by atoms with Gasteiger partial charge < -0.3 is 0 Å². The molecule has 7 nitrogen and oxygen atoms in total. The Hall–Kier alpha value is -2.03. The number of thiazole rings is 1. The number of halogens is 1. The molecule has 2 aromatic rings. The third-order valence-corrected chi connectivity index (χ3v) is 3.93. The van der Waals surface area contributed by atoms with Crippen molar-refractivity contribution in [2.45, 2.75) is 12.8 Å². The van der Waals surface area contributed by atoms with Gasteiger partial charge in [-0.15, -0.1) is 0 Å². The highest BCUT2D eigenvalue weighted by Gasteiger charge is 2.16. The van der Waals surface area contributed by atoms with Gasteiger partial charge in [0, 0.05) is 12.1 Å². The first-order chi connectivity index (χ1) is 10.6. The Morgan fingerprint density at radius 1 is 1.41 bits per heavy atom. The van der Waals surface area contributed by atoms with Gasteiger partial charge in [-0.2, -0.15) is 0 Å². The van der Waals surface area contributed by atoms with Crippen LogP contribution >= 0.6 is 23.1 Å². The van der Waals surface area contributed by atoms with Crippen molar-refractivity contribution in [2.24, 2.45) is 0 Å². The number of anilines is 1. The first-order valence-corrected chi connectivity index (χ1v) is 7.64. The molecule has 0 aliphatic rings. The molecular formula is C13H13ClN4O3S. The molecule has 0 aliphatic carbocycles. The molecule has 1 amide bonds. The minimum absolute atomic E-state index is 0.114. The lowest BCUT2D eigenvalue weighted by Crippen LogP contribution is -2.14. The van der Waals surface area contributed by atoms with Crippen molar-refractivity contribution in [3.05, 3.63) is 51.7 Å². The zero-order valence-electron chi connectivity index (χ0n) is 11.4. The fourth-order valence-electron chi connectivity index (χ4n) is 1.88. The molecule has 22 heavy (non-hydrogen) atoms. The number of aromatic nitrogens is 1. The van der Waals surface area contributed by atoms with Gasteiger partial charge in [0.05, 0.1) is 4.92 Å². The second-order valence-corrected chi connectivity index (χ2v) is 5.64.